The number of carbonyl (C=O) groups is 2. The number of rotatable bonds is 4. The number of benzene rings is 1. The van der Waals surface area contributed by atoms with Gasteiger partial charge in [0.1, 0.15) is 5.75 Å². The molecule has 0 unspecified atom stereocenters. The summed E-state index contributed by atoms with van der Waals surface area (Å²) >= 11 is 6.40. The third-order valence-corrected chi connectivity index (χ3v) is 5.12. The minimum absolute atomic E-state index is 0.280. The average molecular weight is 387 g/mol. The SMILES string of the molecule is COc1cccc(C(=O)NN2C(=O)/C(=C\c3cc(C)[nH]c3C)SC2=S)c1. The van der Waals surface area contributed by atoms with Crippen LogP contribution in [0.4, 0.5) is 0 Å². The van der Waals surface area contributed by atoms with E-state index in [1.165, 1.54) is 7.11 Å². The summed E-state index contributed by atoms with van der Waals surface area (Å²) in [5.74, 6) is -0.231. The van der Waals surface area contributed by atoms with Gasteiger partial charge in [-0.2, -0.15) is 5.01 Å². The number of nitrogens with one attached hydrogen (secondary N) is 2. The van der Waals surface area contributed by atoms with Crippen molar-refractivity contribution in [2.45, 2.75) is 13.8 Å². The van der Waals surface area contributed by atoms with Crippen LogP contribution in [0.25, 0.3) is 6.08 Å². The maximum Gasteiger partial charge on any atom is 0.285 e. The van der Waals surface area contributed by atoms with Crippen molar-refractivity contribution in [1.82, 2.24) is 15.4 Å². The summed E-state index contributed by atoms with van der Waals surface area (Å²) in [4.78, 5) is 28.7. The number of aromatic nitrogens is 1. The Kier molecular flexibility index (Phi) is 5.15. The van der Waals surface area contributed by atoms with Crippen LogP contribution in [0, 0.1) is 13.8 Å². The molecule has 0 atom stereocenters. The Hall–Kier alpha value is -2.58. The highest BCUT2D eigenvalue weighted by Gasteiger charge is 2.34. The van der Waals surface area contributed by atoms with Gasteiger partial charge in [-0.05, 0) is 62.0 Å². The topological polar surface area (TPSA) is 74.4 Å². The summed E-state index contributed by atoms with van der Waals surface area (Å²) in [7, 11) is 1.52. The molecule has 1 fully saturated rings. The third-order valence-electron chi connectivity index (χ3n) is 3.82. The highest BCUT2D eigenvalue weighted by atomic mass is 32.2. The molecule has 0 saturated carbocycles. The van der Waals surface area contributed by atoms with E-state index < -0.39 is 5.91 Å². The van der Waals surface area contributed by atoms with Crippen LogP contribution >= 0.6 is 24.0 Å². The molecule has 2 amide bonds. The Morgan fingerprint density at radius 1 is 1.35 bits per heavy atom. The number of H-pyrrole nitrogens is 1. The Morgan fingerprint density at radius 2 is 2.12 bits per heavy atom. The van der Waals surface area contributed by atoms with E-state index in [1.54, 1.807) is 30.3 Å². The van der Waals surface area contributed by atoms with E-state index in [9.17, 15) is 9.59 Å². The summed E-state index contributed by atoms with van der Waals surface area (Å²) in [6.07, 6.45) is 1.77. The first-order valence-corrected chi connectivity index (χ1v) is 9.00. The van der Waals surface area contributed by atoms with Gasteiger partial charge in [-0.15, -0.1) is 0 Å². The van der Waals surface area contributed by atoms with Crippen molar-refractivity contribution in [1.29, 1.82) is 0 Å². The van der Waals surface area contributed by atoms with Crippen molar-refractivity contribution in [3.8, 4) is 5.75 Å². The quantitative estimate of drug-likeness (QED) is 0.623. The molecule has 2 heterocycles. The van der Waals surface area contributed by atoms with Gasteiger partial charge in [0.15, 0.2) is 4.32 Å². The molecule has 1 aliphatic heterocycles. The van der Waals surface area contributed by atoms with Crippen LogP contribution in [0.2, 0.25) is 0 Å². The highest BCUT2D eigenvalue weighted by molar-refractivity contribution is 8.26. The van der Waals surface area contributed by atoms with E-state index in [0.29, 0.717) is 16.2 Å². The molecular formula is C18H17N3O3S2. The van der Waals surface area contributed by atoms with Crippen LogP contribution in [0.15, 0.2) is 35.2 Å². The molecule has 134 valence electrons. The number of hydrogen-bond donors (Lipinski definition) is 2. The van der Waals surface area contributed by atoms with Crippen LogP contribution in [0.5, 0.6) is 5.75 Å². The van der Waals surface area contributed by atoms with Crippen molar-refractivity contribution >= 4 is 46.2 Å². The van der Waals surface area contributed by atoms with Gasteiger partial charge in [0.2, 0.25) is 0 Å². The van der Waals surface area contributed by atoms with E-state index >= 15 is 0 Å². The van der Waals surface area contributed by atoms with Crippen LogP contribution in [0.1, 0.15) is 27.3 Å². The second-order valence-electron chi connectivity index (χ2n) is 5.72. The van der Waals surface area contributed by atoms with E-state index in [-0.39, 0.29) is 10.2 Å². The Balaban J connectivity index is 1.79. The third kappa shape index (κ3) is 3.66. The number of nitrogens with zero attached hydrogens (tertiary/aromatic N) is 1. The number of hydrazine groups is 1. The second-order valence-corrected chi connectivity index (χ2v) is 7.40. The Labute approximate surface area is 160 Å². The molecule has 2 aromatic rings. The lowest BCUT2D eigenvalue weighted by Crippen LogP contribution is -2.44. The summed E-state index contributed by atoms with van der Waals surface area (Å²) in [5.41, 5.74) is 5.83. The largest absolute Gasteiger partial charge is 0.497 e. The summed E-state index contributed by atoms with van der Waals surface area (Å²) in [6.45, 7) is 3.88. The minimum atomic E-state index is -0.435. The highest BCUT2D eigenvalue weighted by Crippen LogP contribution is 2.32. The molecule has 1 aromatic heterocycles. The molecule has 2 N–H and O–H groups in total. The predicted molar refractivity (Wildman–Crippen MR) is 106 cm³/mol. The average Bonchev–Trinajstić information content (AvgIpc) is 3.07. The fourth-order valence-corrected chi connectivity index (χ4v) is 3.70. The number of thioether (sulfide) groups is 1. The molecule has 26 heavy (non-hydrogen) atoms. The zero-order valence-corrected chi connectivity index (χ0v) is 16.1. The normalized spacial score (nSPS) is 15.7. The van der Waals surface area contributed by atoms with Crippen molar-refractivity contribution < 1.29 is 14.3 Å². The summed E-state index contributed by atoms with van der Waals surface area (Å²) in [6, 6.07) is 8.62. The van der Waals surface area contributed by atoms with E-state index in [2.05, 4.69) is 10.4 Å². The molecule has 1 saturated heterocycles. The van der Waals surface area contributed by atoms with Gasteiger partial charge in [0.25, 0.3) is 11.8 Å². The van der Waals surface area contributed by atoms with Gasteiger partial charge in [-0.1, -0.05) is 17.8 Å². The first-order chi connectivity index (χ1) is 12.4. The van der Waals surface area contributed by atoms with Gasteiger partial charge in [-0.25, -0.2) is 0 Å². The standard InChI is InChI=1S/C18H17N3O3S2/c1-10-7-13(11(2)19-10)9-15-17(23)21(18(25)26-15)20-16(22)12-5-4-6-14(8-12)24-3/h4-9,19H,1-3H3,(H,20,22)/b15-9+. The van der Waals surface area contributed by atoms with Crippen molar-refractivity contribution in [3.63, 3.8) is 0 Å². The van der Waals surface area contributed by atoms with Crippen LogP contribution in [-0.4, -0.2) is 33.2 Å². The smallest absolute Gasteiger partial charge is 0.285 e. The van der Waals surface area contributed by atoms with Gasteiger partial charge >= 0.3 is 0 Å². The molecule has 1 aromatic carbocycles. The van der Waals surface area contributed by atoms with Crippen molar-refractivity contribution in [2.75, 3.05) is 7.11 Å². The fraction of sp³-hybridized carbons (Fsp3) is 0.167. The molecule has 0 spiro atoms. The maximum atomic E-state index is 12.6. The lowest BCUT2D eigenvalue weighted by atomic mass is 10.2. The number of amides is 2. The van der Waals surface area contributed by atoms with Crippen LogP contribution in [0.3, 0.4) is 0 Å². The Morgan fingerprint density at radius 3 is 2.77 bits per heavy atom. The number of aryl methyl sites for hydroxylation is 2. The lowest BCUT2D eigenvalue weighted by Gasteiger charge is -2.15. The van der Waals surface area contributed by atoms with Crippen molar-refractivity contribution in [2.24, 2.45) is 0 Å². The number of hydrogen-bond acceptors (Lipinski definition) is 5. The summed E-state index contributed by atoms with van der Waals surface area (Å²) < 4.78 is 5.39. The maximum absolute atomic E-state index is 12.6. The number of aromatic amines is 1. The number of ether oxygens (including phenoxy) is 1. The molecule has 0 radical (unpaired) electrons. The lowest BCUT2D eigenvalue weighted by molar-refractivity contribution is -0.123. The zero-order chi connectivity index (χ0) is 18.8. The molecule has 3 rings (SSSR count). The predicted octanol–water partition coefficient (Wildman–Crippen LogP) is 3.19. The van der Waals surface area contributed by atoms with Crippen LogP contribution < -0.4 is 10.2 Å². The molecule has 0 bridgehead atoms. The molecule has 0 aliphatic carbocycles. The van der Waals surface area contributed by atoms with Gasteiger partial charge < -0.3 is 9.72 Å². The number of carbonyl (C=O) groups excluding carboxylic acids is 2. The first-order valence-electron chi connectivity index (χ1n) is 7.78. The molecule has 1 aliphatic rings. The fourth-order valence-electron chi connectivity index (χ4n) is 2.53. The minimum Gasteiger partial charge on any atom is -0.497 e. The second kappa shape index (κ2) is 7.35. The molecule has 6 nitrogen and oxygen atoms in total. The monoisotopic (exact) mass is 387 g/mol. The molecule has 8 heteroatoms. The van der Waals surface area contributed by atoms with Gasteiger partial charge in [-0.3, -0.25) is 15.0 Å². The zero-order valence-electron chi connectivity index (χ0n) is 14.5. The van der Waals surface area contributed by atoms with Gasteiger partial charge in [0.05, 0.1) is 12.0 Å². The number of thiocarbonyl (C=S) groups is 1. The van der Waals surface area contributed by atoms with Gasteiger partial charge in [0, 0.05) is 17.0 Å². The number of methoxy groups -OCH3 is 1. The van der Waals surface area contributed by atoms with E-state index in [0.717, 1.165) is 33.7 Å². The summed E-state index contributed by atoms with van der Waals surface area (Å²) in [5, 5.41) is 1.10. The van der Waals surface area contributed by atoms with E-state index in [4.69, 9.17) is 17.0 Å². The Bertz CT molecular complexity index is 934. The van der Waals surface area contributed by atoms with E-state index in [1.807, 2.05) is 19.9 Å². The first kappa shape index (κ1) is 18.2. The van der Waals surface area contributed by atoms with Crippen molar-refractivity contribution in [3.05, 3.63) is 57.8 Å². The van der Waals surface area contributed by atoms with Crippen LogP contribution in [-0.2, 0) is 4.79 Å². The molecular weight excluding hydrogens is 370 g/mol.